The third kappa shape index (κ3) is 4.06. The predicted molar refractivity (Wildman–Crippen MR) is 215 cm³/mol. The molecule has 6 nitrogen and oxygen atoms in total. The summed E-state index contributed by atoms with van der Waals surface area (Å²) in [7, 11) is 4.22. The van der Waals surface area contributed by atoms with Gasteiger partial charge in [0.2, 0.25) is 11.9 Å². The van der Waals surface area contributed by atoms with Crippen LogP contribution in [0, 0.1) is 0 Å². The smallest absolute Gasteiger partial charge is 0.215 e. The Hall–Kier alpha value is -6.92. The molecular formula is C46H32N6. The molecule has 246 valence electrons. The summed E-state index contributed by atoms with van der Waals surface area (Å²) in [6.45, 7) is 0. The van der Waals surface area contributed by atoms with Gasteiger partial charge in [0, 0.05) is 35.6 Å². The van der Waals surface area contributed by atoms with E-state index in [9.17, 15) is 0 Å². The van der Waals surface area contributed by atoms with Gasteiger partial charge in [-0.15, -0.1) is 0 Å². The summed E-state index contributed by atoms with van der Waals surface area (Å²) in [4.78, 5) is 10.5. The first-order valence-electron chi connectivity index (χ1n) is 17.6. The van der Waals surface area contributed by atoms with Gasteiger partial charge < -0.3 is 9.13 Å². The SMILES string of the molecule is Cn1c(-n2c3ccc(-c4ccccc4)cc3c3cc4c5cc(-c6ccccc6)ccc5n(-c5nc6ccccc6n5C)c4cc32)nc2ccccc21. The van der Waals surface area contributed by atoms with E-state index in [1.165, 1.54) is 43.8 Å². The van der Waals surface area contributed by atoms with Crippen LogP contribution in [0.5, 0.6) is 0 Å². The fraction of sp³-hybridized carbons (Fsp3) is 0.0435. The molecule has 0 radical (unpaired) electrons. The van der Waals surface area contributed by atoms with E-state index < -0.39 is 0 Å². The van der Waals surface area contributed by atoms with Crippen molar-refractivity contribution in [3.63, 3.8) is 0 Å². The summed E-state index contributed by atoms with van der Waals surface area (Å²) in [6.07, 6.45) is 0. The molecule has 0 unspecified atom stereocenters. The molecule has 0 saturated carbocycles. The van der Waals surface area contributed by atoms with Crippen LogP contribution >= 0.6 is 0 Å². The zero-order chi connectivity index (χ0) is 34.5. The Labute approximate surface area is 299 Å². The predicted octanol–water partition coefficient (Wildman–Crippen LogP) is 11.0. The zero-order valence-corrected chi connectivity index (χ0v) is 28.7. The molecule has 11 rings (SSSR count). The normalized spacial score (nSPS) is 12.0. The molecule has 52 heavy (non-hydrogen) atoms. The highest BCUT2D eigenvalue weighted by Crippen LogP contribution is 2.42. The Morgan fingerprint density at radius 2 is 0.731 bits per heavy atom. The first-order valence-corrected chi connectivity index (χ1v) is 17.6. The minimum atomic E-state index is 0.879. The molecule has 4 aromatic heterocycles. The van der Waals surface area contributed by atoms with Crippen molar-refractivity contribution in [1.82, 2.24) is 28.2 Å². The van der Waals surface area contributed by atoms with Crippen molar-refractivity contribution in [2.24, 2.45) is 14.1 Å². The second-order valence-electron chi connectivity index (χ2n) is 13.7. The number of hydrogen-bond donors (Lipinski definition) is 0. The minimum Gasteiger partial charge on any atom is -0.313 e. The summed E-state index contributed by atoms with van der Waals surface area (Å²) in [5.74, 6) is 1.76. The van der Waals surface area contributed by atoms with Gasteiger partial charge in [-0.2, -0.15) is 0 Å². The van der Waals surface area contributed by atoms with Gasteiger partial charge in [-0.05, 0) is 82.9 Å². The van der Waals surface area contributed by atoms with Crippen LogP contribution in [0.15, 0.2) is 158 Å². The molecule has 7 aromatic carbocycles. The van der Waals surface area contributed by atoms with Crippen molar-refractivity contribution in [2.75, 3.05) is 0 Å². The Morgan fingerprint density at radius 3 is 1.17 bits per heavy atom. The van der Waals surface area contributed by atoms with Crippen molar-refractivity contribution < 1.29 is 0 Å². The van der Waals surface area contributed by atoms with Crippen molar-refractivity contribution >= 4 is 65.7 Å². The van der Waals surface area contributed by atoms with Crippen molar-refractivity contribution in [1.29, 1.82) is 0 Å². The average molecular weight is 669 g/mol. The molecule has 0 aliphatic carbocycles. The van der Waals surface area contributed by atoms with E-state index in [0.29, 0.717) is 0 Å². The van der Waals surface area contributed by atoms with E-state index in [-0.39, 0.29) is 0 Å². The van der Waals surface area contributed by atoms with Crippen molar-refractivity contribution in [2.45, 2.75) is 0 Å². The lowest BCUT2D eigenvalue weighted by molar-refractivity contribution is 0.866. The molecule has 11 aromatic rings. The van der Waals surface area contributed by atoms with Gasteiger partial charge in [0.05, 0.1) is 44.1 Å². The molecule has 6 heteroatoms. The molecule has 0 N–H and O–H groups in total. The Bertz CT molecular complexity index is 2980. The van der Waals surface area contributed by atoms with Crippen LogP contribution in [-0.2, 0) is 14.1 Å². The van der Waals surface area contributed by atoms with E-state index in [2.05, 4.69) is 190 Å². The van der Waals surface area contributed by atoms with Crippen LogP contribution < -0.4 is 0 Å². The lowest BCUT2D eigenvalue weighted by Crippen LogP contribution is -2.04. The number of aryl methyl sites for hydroxylation is 2. The average Bonchev–Trinajstić information content (AvgIpc) is 3.91. The molecule has 0 bridgehead atoms. The van der Waals surface area contributed by atoms with Gasteiger partial charge in [0.1, 0.15) is 0 Å². The summed E-state index contributed by atoms with van der Waals surface area (Å²) < 4.78 is 9.09. The molecular weight excluding hydrogens is 637 g/mol. The number of aromatic nitrogens is 6. The van der Waals surface area contributed by atoms with Crippen LogP contribution in [0.25, 0.3) is 99.8 Å². The number of rotatable bonds is 4. The highest BCUT2D eigenvalue weighted by Gasteiger charge is 2.23. The molecule has 0 aliphatic heterocycles. The minimum absolute atomic E-state index is 0.879. The van der Waals surface area contributed by atoms with Gasteiger partial charge in [-0.3, -0.25) is 9.13 Å². The maximum Gasteiger partial charge on any atom is 0.215 e. The van der Waals surface area contributed by atoms with Gasteiger partial charge >= 0.3 is 0 Å². The first-order chi connectivity index (χ1) is 25.6. The second-order valence-corrected chi connectivity index (χ2v) is 13.7. The molecule has 0 aliphatic rings. The second kappa shape index (κ2) is 10.8. The van der Waals surface area contributed by atoms with Gasteiger partial charge in [-0.1, -0.05) is 97.1 Å². The Morgan fingerprint density at radius 1 is 0.327 bits per heavy atom. The number of para-hydroxylation sites is 4. The van der Waals surface area contributed by atoms with Gasteiger partial charge in [0.25, 0.3) is 0 Å². The summed E-state index contributed by atoms with van der Waals surface area (Å²) >= 11 is 0. The van der Waals surface area contributed by atoms with Crippen LogP contribution in [0.3, 0.4) is 0 Å². The van der Waals surface area contributed by atoms with Crippen LogP contribution in [0.1, 0.15) is 0 Å². The number of imidazole rings is 2. The zero-order valence-electron chi connectivity index (χ0n) is 28.7. The number of hydrogen-bond acceptors (Lipinski definition) is 2. The Balaban J connectivity index is 1.30. The fourth-order valence-corrected chi connectivity index (χ4v) is 8.25. The maximum atomic E-state index is 5.23. The monoisotopic (exact) mass is 668 g/mol. The van der Waals surface area contributed by atoms with E-state index >= 15 is 0 Å². The largest absolute Gasteiger partial charge is 0.313 e. The highest BCUT2D eigenvalue weighted by molar-refractivity contribution is 6.20. The highest BCUT2D eigenvalue weighted by atomic mass is 15.2. The standard InChI is InChI=1S/C46H32N6/c1-49-41-19-11-9-17-37(41)47-45(49)51-39-23-21-31(29-13-5-3-6-14-29)25-33(39)35-27-36-34-26-32(30-15-7-4-8-16-30)22-24-40(34)52(44(36)28-43(35)51)46-48-38-18-10-12-20-42(38)50(46)2/h3-28H,1-2H3. The van der Waals surface area contributed by atoms with Crippen LogP contribution in [0.2, 0.25) is 0 Å². The molecule has 4 heterocycles. The molecule has 0 amide bonds. The molecule has 0 atom stereocenters. The summed E-state index contributed by atoms with van der Waals surface area (Å²) in [5.41, 5.74) is 13.3. The topological polar surface area (TPSA) is 45.5 Å². The van der Waals surface area contributed by atoms with E-state index in [1.807, 2.05) is 0 Å². The molecule has 0 fully saturated rings. The molecule has 0 spiro atoms. The number of benzene rings is 7. The van der Waals surface area contributed by atoms with Crippen LogP contribution in [0.4, 0.5) is 0 Å². The quantitative estimate of drug-likeness (QED) is 0.187. The molecule has 0 saturated heterocycles. The first kappa shape index (κ1) is 28.9. The van der Waals surface area contributed by atoms with E-state index in [4.69, 9.17) is 9.97 Å². The number of fused-ring (bicyclic) bond motifs is 8. The van der Waals surface area contributed by atoms with Crippen LogP contribution in [-0.4, -0.2) is 28.2 Å². The van der Waals surface area contributed by atoms with Gasteiger partial charge in [-0.25, -0.2) is 9.97 Å². The van der Waals surface area contributed by atoms with E-state index in [0.717, 1.165) is 56.0 Å². The van der Waals surface area contributed by atoms with Crippen molar-refractivity contribution in [3.05, 3.63) is 158 Å². The fourth-order valence-electron chi connectivity index (χ4n) is 8.25. The third-order valence-electron chi connectivity index (χ3n) is 10.8. The lowest BCUT2D eigenvalue weighted by atomic mass is 10.0. The van der Waals surface area contributed by atoms with Gasteiger partial charge in [0.15, 0.2) is 0 Å². The van der Waals surface area contributed by atoms with Crippen molar-refractivity contribution in [3.8, 4) is 34.2 Å². The number of nitrogens with zero attached hydrogens (tertiary/aromatic N) is 6. The Kier molecular flexibility index (Phi) is 5.99. The third-order valence-corrected chi connectivity index (χ3v) is 10.8. The van der Waals surface area contributed by atoms with E-state index in [1.54, 1.807) is 0 Å². The maximum absolute atomic E-state index is 5.23. The lowest BCUT2D eigenvalue weighted by Gasteiger charge is -2.10. The summed E-state index contributed by atoms with van der Waals surface area (Å²) in [6, 6.07) is 56.4. The summed E-state index contributed by atoms with van der Waals surface area (Å²) in [5, 5.41) is 4.74.